The lowest BCUT2D eigenvalue weighted by atomic mass is 10.2. The molecule has 0 spiro atoms. The number of carbonyl (C=O) groups excluding carboxylic acids is 1. The molecule has 3 nitrogen and oxygen atoms in total. The molecule has 1 atom stereocenters. The summed E-state index contributed by atoms with van der Waals surface area (Å²) in [7, 11) is 1.58. The molecule has 1 amide bonds. The summed E-state index contributed by atoms with van der Waals surface area (Å²) in [5, 5.41) is 2.77. The van der Waals surface area contributed by atoms with Gasteiger partial charge >= 0.3 is 0 Å². The number of hydrogen-bond acceptors (Lipinski definition) is 2. The van der Waals surface area contributed by atoms with Gasteiger partial charge < -0.3 is 10.1 Å². The van der Waals surface area contributed by atoms with Crippen molar-refractivity contribution in [1.82, 2.24) is 5.32 Å². The van der Waals surface area contributed by atoms with Gasteiger partial charge in [0.1, 0.15) is 0 Å². The number of amides is 1. The van der Waals surface area contributed by atoms with Crippen molar-refractivity contribution in [2.24, 2.45) is 5.92 Å². The fourth-order valence-electron chi connectivity index (χ4n) is 0.694. The highest BCUT2D eigenvalue weighted by molar-refractivity contribution is 6.18. The van der Waals surface area contributed by atoms with Gasteiger partial charge in [-0.05, 0) is 0 Å². The van der Waals surface area contributed by atoms with E-state index in [1.54, 1.807) is 7.11 Å². The molecule has 0 radical (unpaired) electrons. The molecule has 12 heavy (non-hydrogen) atoms. The second-order valence-corrected chi connectivity index (χ2v) is 3.28. The summed E-state index contributed by atoms with van der Waals surface area (Å²) in [5.74, 6) is 0.386. The van der Waals surface area contributed by atoms with Crippen molar-refractivity contribution in [2.75, 3.05) is 19.6 Å². The highest BCUT2D eigenvalue weighted by Gasteiger charge is 2.12. The van der Waals surface area contributed by atoms with Crippen molar-refractivity contribution in [3.63, 3.8) is 0 Å². The number of carbonyl (C=O) groups is 1. The van der Waals surface area contributed by atoms with Gasteiger partial charge in [-0.3, -0.25) is 4.79 Å². The van der Waals surface area contributed by atoms with Crippen LogP contribution in [0.1, 0.15) is 13.8 Å². The van der Waals surface area contributed by atoms with E-state index in [2.05, 4.69) is 5.32 Å². The zero-order valence-corrected chi connectivity index (χ0v) is 8.52. The lowest BCUT2D eigenvalue weighted by molar-refractivity contribution is -0.124. The lowest BCUT2D eigenvalue weighted by Gasteiger charge is -2.16. The Bertz CT molecular complexity index is 139. The maximum Gasteiger partial charge on any atom is 0.222 e. The van der Waals surface area contributed by atoms with E-state index in [9.17, 15) is 4.79 Å². The summed E-state index contributed by atoms with van der Waals surface area (Å²) in [6.45, 7) is 4.14. The first-order valence-electron chi connectivity index (χ1n) is 3.97. The molecule has 1 unspecified atom stereocenters. The van der Waals surface area contributed by atoms with Crippen LogP contribution in [0.5, 0.6) is 0 Å². The third kappa shape index (κ3) is 4.57. The van der Waals surface area contributed by atoms with E-state index in [0.29, 0.717) is 12.5 Å². The Morgan fingerprint density at radius 3 is 2.50 bits per heavy atom. The van der Waals surface area contributed by atoms with Gasteiger partial charge in [-0.1, -0.05) is 13.8 Å². The van der Waals surface area contributed by atoms with Crippen molar-refractivity contribution in [3.05, 3.63) is 0 Å². The van der Waals surface area contributed by atoms with Crippen LogP contribution in [0.15, 0.2) is 0 Å². The minimum absolute atomic E-state index is 0.00688. The molecule has 4 heteroatoms. The second kappa shape index (κ2) is 6.26. The van der Waals surface area contributed by atoms with Crippen LogP contribution in [-0.2, 0) is 9.53 Å². The zero-order valence-electron chi connectivity index (χ0n) is 7.76. The number of nitrogens with one attached hydrogen (secondary N) is 1. The van der Waals surface area contributed by atoms with Crippen molar-refractivity contribution in [3.8, 4) is 0 Å². The average molecular weight is 194 g/mol. The fourth-order valence-corrected chi connectivity index (χ4v) is 0.860. The first-order valence-corrected chi connectivity index (χ1v) is 4.50. The summed E-state index contributed by atoms with van der Waals surface area (Å²) in [6.07, 6.45) is 0. The van der Waals surface area contributed by atoms with E-state index >= 15 is 0 Å². The van der Waals surface area contributed by atoms with Gasteiger partial charge in [0.05, 0.1) is 12.6 Å². The molecule has 0 saturated carbocycles. The number of methoxy groups -OCH3 is 1. The monoisotopic (exact) mass is 193 g/mol. The highest BCUT2D eigenvalue weighted by atomic mass is 35.5. The highest BCUT2D eigenvalue weighted by Crippen LogP contribution is 1.95. The van der Waals surface area contributed by atoms with Gasteiger partial charge in [0.25, 0.3) is 0 Å². The fraction of sp³-hybridized carbons (Fsp3) is 0.875. The van der Waals surface area contributed by atoms with E-state index in [1.807, 2.05) is 13.8 Å². The molecule has 72 valence electrons. The SMILES string of the molecule is COCC(CCl)NC(=O)C(C)C. The van der Waals surface area contributed by atoms with Crippen LogP contribution in [0.25, 0.3) is 0 Å². The van der Waals surface area contributed by atoms with Crippen LogP contribution in [0.4, 0.5) is 0 Å². The summed E-state index contributed by atoms with van der Waals surface area (Å²) in [5.41, 5.74) is 0. The Balaban J connectivity index is 3.77. The zero-order chi connectivity index (χ0) is 9.56. The molecular formula is C8H16ClNO2. The minimum Gasteiger partial charge on any atom is -0.383 e. The van der Waals surface area contributed by atoms with Gasteiger partial charge in [0.15, 0.2) is 0 Å². The first-order chi connectivity index (χ1) is 5.61. The maximum absolute atomic E-state index is 11.2. The average Bonchev–Trinajstić information content (AvgIpc) is 2.03. The van der Waals surface area contributed by atoms with Crippen LogP contribution in [0.2, 0.25) is 0 Å². The quantitative estimate of drug-likeness (QED) is 0.662. The Hall–Kier alpha value is -0.280. The van der Waals surface area contributed by atoms with E-state index in [1.165, 1.54) is 0 Å². The molecule has 0 bridgehead atoms. The van der Waals surface area contributed by atoms with Crippen LogP contribution in [-0.4, -0.2) is 31.5 Å². The number of hydrogen-bond donors (Lipinski definition) is 1. The molecule has 0 aromatic rings. The topological polar surface area (TPSA) is 38.3 Å². The molecule has 0 saturated heterocycles. The van der Waals surface area contributed by atoms with Crippen molar-refractivity contribution < 1.29 is 9.53 Å². The first kappa shape index (κ1) is 11.7. The number of alkyl halides is 1. The smallest absolute Gasteiger partial charge is 0.222 e. The van der Waals surface area contributed by atoms with Crippen molar-refractivity contribution >= 4 is 17.5 Å². The minimum atomic E-state index is -0.0773. The molecule has 0 aromatic heterocycles. The van der Waals surface area contributed by atoms with Gasteiger partial charge in [-0.15, -0.1) is 11.6 Å². The van der Waals surface area contributed by atoms with Crippen LogP contribution in [0.3, 0.4) is 0 Å². The summed E-state index contributed by atoms with van der Waals surface area (Å²) in [6, 6.07) is -0.0773. The predicted octanol–water partition coefficient (Wildman–Crippen LogP) is 1.01. The molecule has 0 rings (SSSR count). The molecule has 0 aliphatic rings. The molecule has 0 aliphatic carbocycles. The van der Waals surface area contributed by atoms with Gasteiger partial charge in [0, 0.05) is 18.9 Å². The molecule has 0 fully saturated rings. The number of ether oxygens (including phenoxy) is 1. The number of rotatable bonds is 5. The molecular weight excluding hydrogens is 178 g/mol. The van der Waals surface area contributed by atoms with E-state index in [-0.39, 0.29) is 17.9 Å². The molecule has 1 N–H and O–H groups in total. The summed E-state index contributed by atoms with van der Waals surface area (Å²) >= 11 is 5.60. The van der Waals surface area contributed by atoms with Gasteiger partial charge in [0.2, 0.25) is 5.91 Å². The standard InChI is InChI=1S/C8H16ClNO2/c1-6(2)8(11)10-7(4-9)5-12-3/h6-7H,4-5H2,1-3H3,(H,10,11). The third-order valence-corrected chi connectivity index (χ3v) is 1.80. The molecule has 0 aromatic carbocycles. The predicted molar refractivity (Wildman–Crippen MR) is 49.4 cm³/mol. The largest absolute Gasteiger partial charge is 0.383 e. The molecule has 0 heterocycles. The number of halogens is 1. The van der Waals surface area contributed by atoms with Gasteiger partial charge in [-0.25, -0.2) is 0 Å². The van der Waals surface area contributed by atoms with Crippen LogP contribution < -0.4 is 5.32 Å². The summed E-state index contributed by atoms with van der Waals surface area (Å²) in [4.78, 5) is 11.2. The normalized spacial score (nSPS) is 13.1. The summed E-state index contributed by atoms with van der Waals surface area (Å²) < 4.78 is 4.88. The Morgan fingerprint density at radius 2 is 2.17 bits per heavy atom. The van der Waals surface area contributed by atoms with Gasteiger partial charge in [-0.2, -0.15) is 0 Å². The van der Waals surface area contributed by atoms with Crippen LogP contribution in [0, 0.1) is 5.92 Å². The lowest BCUT2D eigenvalue weighted by Crippen LogP contribution is -2.41. The Kier molecular flexibility index (Phi) is 6.11. The second-order valence-electron chi connectivity index (χ2n) is 2.97. The molecule has 0 aliphatic heterocycles. The Morgan fingerprint density at radius 1 is 1.58 bits per heavy atom. The maximum atomic E-state index is 11.2. The van der Waals surface area contributed by atoms with E-state index < -0.39 is 0 Å². The van der Waals surface area contributed by atoms with E-state index in [4.69, 9.17) is 16.3 Å². The van der Waals surface area contributed by atoms with E-state index in [0.717, 1.165) is 0 Å². The van der Waals surface area contributed by atoms with Crippen molar-refractivity contribution in [2.45, 2.75) is 19.9 Å². The third-order valence-electron chi connectivity index (χ3n) is 1.42. The van der Waals surface area contributed by atoms with Crippen molar-refractivity contribution in [1.29, 1.82) is 0 Å². The van der Waals surface area contributed by atoms with Crippen LogP contribution >= 0.6 is 11.6 Å². The Labute approximate surface area is 78.4 Å².